The maximum Gasteiger partial charge on any atom is 0.278 e. The van der Waals surface area contributed by atoms with Crippen LogP contribution in [0.3, 0.4) is 0 Å². The molecule has 0 fully saturated rings. The number of carbonyl (C=O) groups is 2. The van der Waals surface area contributed by atoms with Gasteiger partial charge in [0.15, 0.2) is 0 Å². The molecule has 0 bridgehead atoms. The summed E-state index contributed by atoms with van der Waals surface area (Å²) in [4.78, 5) is 26.7. The van der Waals surface area contributed by atoms with Crippen LogP contribution in [0.15, 0.2) is 54.2 Å². The van der Waals surface area contributed by atoms with Crippen LogP contribution in [0.25, 0.3) is 5.57 Å². The number of carbonyl (C=O) groups excluding carboxylic acids is 2. The molecule has 0 saturated heterocycles. The number of ether oxygens (including phenoxy) is 1. The van der Waals surface area contributed by atoms with Gasteiger partial charge >= 0.3 is 0 Å². The molecule has 5 nitrogen and oxygen atoms in total. The molecule has 2 amide bonds. The lowest BCUT2D eigenvalue weighted by atomic mass is 10.0. The fourth-order valence-electron chi connectivity index (χ4n) is 2.81. The van der Waals surface area contributed by atoms with E-state index < -0.39 is 0 Å². The van der Waals surface area contributed by atoms with Crippen molar-refractivity contribution in [3.8, 4) is 5.75 Å². The predicted molar refractivity (Wildman–Crippen MR) is 97.1 cm³/mol. The Labute approximate surface area is 146 Å². The van der Waals surface area contributed by atoms with Crippen molar-refractivity contribution >= 4 is 23.1 Å². The molecular formula is C20H20N2O3. The van der Waals surface area contributed by atoms with E-state index in [4.69, 9.17) is 4.74 Å². The Morgan fingerprint density at radius 1 is 1.04 bits per heavy atom. The molecule has 25 heavy (non-hydrogen) atoms. The van der Waals surface area contributed by atoms with Crippen LogP contribution in [0.2, 0.25) is 0 Å². The lowest BCUT2D eigenvalue weighted by Crippen LogP contribution is -2.32. The summed E-state index contributed by atoms with van der Waals surface area (Å²) in [6.45, 7) is 4.10. The van der Waals surface area contributed by atoms with Crippen molar-refractivity contribution in [1.29, 1.82) is 0 Å². The monoisotopic (exact) mass is 336 g/mol. The van der Waals surface area contributed by atoms with Crippen molar-refractivity contribution in [3.05, 3.63) is 65.4 Å². The molecule has 2 aromatic carbocycles. The standard InChI is InChI=1S/C20H20N2O3/c1-4-22-19(23)17(14-10-8-13(2)9-11-14)18(20(22)24)21-15-6-5-7-16(12-15)25-3/h5-12,21H,4H2,1-3H3. The Hall–Kier alpha value is -3.08. The first kappa shape index (κ1) is 16.8. The van der Waals surface area contributed by atoms with E-state index in [1.165, 1.54) is 4.90 Å². The van der Waals surface area contributed by atoms with Gasteiger partial charge in [-0.1, -0.05) is 35.9 Å². The minimum atomic E-state index is -0.314. The third-order valence-electron chi connectivity index (χ3n) is 4.16. The molecule has 0 atom stereocenters. The summed E-state index contributed by atoms with van der Waals surface area (Å²) in [6.07, 6.45) is 0. The first-order valence-electron chi connectivity index (χ1n) is 8.13. The lowest BCUT2D eigenvalue weighted by molar-refractivity contribution is -0.136. The number of hydrogen-bond donors (Lipinski definition) is 1. The van der Waals surface area contributed by atoms with E-state index in [-0.39, 0.29) is 11.8 Å². The van der Waals surface area contributed by atoms with Crippen molar-refractivity contribution in [3.63, 3.8) is 0 Å². The highest BCUT2D eigenvalue weighted by Crippen LogP contribution is 2.31. The number of methoxy groups -OCH3 is 1. The van der Waals surface area contributed by atoms with Crippen LogP contribution in [0.4, 0.5) is 5.69 Å². The van der Waals surface area contributed by atoms with Gasteiger partial charge in [-0.15, -0.1) is 0 Å². The van der Waals surface area contributed by atoms with Gasteiger partial charge in [0, 0.05) is 18.3 Å². The zero-order valence-electron chi connectivity index (χ0n) is 14.5. The molecular weight excluding hydrogens is 316 g/mol. The molecule has 1 aliphatic heterocycles. The lowest BCUT2D eigenvalue weighted by Gasteiger charge is -2.12. The Morgan fingerprint density at radius 3 is 2.40 bits per heavy atom. The van der Waals surface area contributed by atoms with Gasteiger partial charge in [-0.2, -0.15) is 0 Å². The van der Waals surface area contributed by atoms with E-state index in [1.54, 1.807) is 20.1 Å². The number of nitrogens with one attached hydrogen (secondary N) is 1. The summed E-state index contributed by atoms with van der Waals surface area (Å²) in [6, 6.07) is 14.8. The van der Waals surface area contributed by atoms with Crippen molar-refractivity contribution in [2.45, 2.75) is 13.8 Å². The molecule has 0 saturated carbocycles. The number of rotatable bonds is 5. The first-order chi connectivity index (χ1) is 12.0. The van der Waals surface area contributed by atoms with E-state index in [0.29, 0.717) is 29.3 Å². The predicted octanol–water partition coefficient (Wildman–Crippen LogP) is 3.22. The summed E-state index contributed by atoms with van der Waals surface area (Å²) in [5.74, 6) is 0.0826. The largest absolute Gasteiger partial charge is 0.497 e. The third kappa shape index (κ3) is 3.13. The zero-order chi connectivity index (χ0) is 18.0. The van der Waals surface area contributed by atoms with E-state index in [2.05, 4.69) is 5.32 Å². The van der Waals surface area contributed by atoms with E-state index in [1.807, 2.05) is 49.4 Å². The van der Waals surface area contributed by atoms with Crippen LogP contribution >= 0.6 is 0 Å². The van der Waals surface area contributed by atoms with E-state index >= 15 is 0 Å². The maximum absolute atomic E-state index is 12.7. The average molecular weight is 336 g/mol. The molecule has 1 aliphatic rings. The molecule has 1 N–H and O–H groups in total. The normalized spacial score (nSPS) is 14.3. The Balaban J connectivity index is 2.07. The molecule has 0 unspecified atom stereocenters. The van der Waals surface area contributed by atoms with Crippen LogP contribution in [0.5, 0.6) is 5.75 Å². The molecule has 2 aromatic rings. The van der Waals surface area contributed by atoms with Gasteiger partial charge in [0.25, 0.3) is 11.8 Å². The third-order valence-corrected chi connectivity index (χ3v) is 4.16. The molecule has 128 valence electrons. The Kier molecular flexibility index (Phi) is 4.57. The highest BCUT2D eigenvalue weighted by Gasteiger charge is 2.38. The van der Waals surface area contributed by atoms with E-state index in [0.717, 1.165) is 11.1 Å². The van der Waals surface area contributed by atoms with Gasteiger partial charge in [0.05, 0.1) is 12.7 Å². The van der Waals surface area contributed by atoms with Crippen LogP contribution in [0.1, 0.15) is 18.1 Å². The average Bonchev–Trinajstić information content (AvgIpc) is 2.86. The Bertz CT molecular complexity index is 853. The fraction of sp³-hybridized carbons (Fsp3) is 0.200. The molecule has 0 aliphatic carbocycles. The van der Waals surface area contributed by atoms with Crippen molar-refractivity contribution in [2.75, 3.05) is 19.0 Å². The van der Waals surface area contributed by atoms with Crippen LogP contribution in [-0.2, 0) is 9.59 Å². The van der Waals surface area contributed by atoms with Crippen LogP contribution in [-0.4, -0.2) is 30.4 Å². The van der Waals surface area contributed by atoms with Gasteiger partial charge in [0.1, 0.15) is 11.4 Å². The fourth-order valence-corrected chi connectivity index (χ4v) is 2.81. The minimum Gasteiger partial charge on any atom is -0.497 e. The number of likely N-dealkylation sites (N-methyl/N-ethyl adjacent to an activating group) is 1. The molecule has 0 radical (unpaired) electrons. The van der Waals surface area contributed by atoms with Crippen molar-refractivity contribution < 1.29 is 14.3 Å². The SMILES string of the molecule is CCN1C(=O)C(Nc2cccc(OC)c2)=C(c2ccc(C)cc2)C1=O. The van der Waals surface area contributed by atoms with Crippen LogP contribution in [0, 0.1) is 6.92 Å². The molecule has 0 spiro atoms. The topological polar surface area (TPSA) is 58.6 Å². The second-order valence-corrected chi connectivity index (χ2v) is 5.83. The summed E-state index contributed by atoms with van der Waals surface area (Å²) in [5, 5.41) is 3.11. The van der Waals surface area contributed by atoms with E-state index in [9.17, 15) is 9.59 Å². The number of aryl methyl sites for hydroxylation is 1. The highest BCUT2D eigenvalue weighted by atomic mass is 16.5. The smallest absolute Gasteiger partial charge is 0.278 e. The molecule has 5 heteroatoms. The molecule has 3 rings (SSSR count). The van der Waals surface area contributed by atoms with Gasteiger partial charge < -0.3 is 10.1 Å². The second kappa shape index (κ2) is 6.81. The van der Waals surface area contributed by atoms with Gasteiger partial charge in [-0.3, -0.25) is 14.5 Å². The summed E-state index contributed by atoms with van der Waals surface area (Å²) < 4.78 is 5.22. The summed E-state index contributed by atoms with van der Waals surface area (Å²) in [7, 11) is 1.58. The molecule has 0 aromatic heterocycles. The number of benzene rings is 2. The number of hydrogen-bond acceptors (Lipinski definition) is 4. The van der Waals surface area contributed by atoms with Gasteiger partial charge in [-0.05, 0) is 31.5 Å². The number of anilines is 1. The van der Waals surface area contributed by atoms with Crippen LogP contribution < -0.4 is 10.1 Å². The highest BCUT2D eigenvalue weighted by molar-refractivity contribution is 6.36. The first-order valence-corrected chi connectivity index (χ1v) is 8.13. The second-order valence-electron chi connectivity index (χ2n) is 5.83. The quantitative estimate of drug-likeness (QED) is 0.852. The van der Waals surface area contributed by atoms with Gasteiger partial charge in [-0.25, -0.2) is 0 Å². The zero-order valence-corrected chi connectivity index (χ0v) is 14.5. The van der Waals surface area contributed by atoms with Crippen molar-refractivity contribution in [1.82, 2.24) is 4.90 Å². The number of amides is 2. The van der Waals surface area contributed by atoms with Crippen molar-refractivity contribution in [2.24, 2.45) is 0 Å². The minimum absolute atomic E-state index is 0.276. The summed E-state index contributed by atoms with van der Waals surface area (Å²) in [5.41, 5.74) is 3.21. The number of nitrogens with zero attached hydrogens (tertiary/aromatic N) is 1. The Morgan fingerprint density at radius 2 is 1.76 bits per heavy atom. The maximum atomic E-state index is 12.7. The van der Waals surface area contributed by atoms with Gasteiger partial charge in [0.2, 0.25) is 0 Å². The summed E-state index contributed by atoms with van der Waals surface area (Å²) >= 11 is 0. The molecule has 1 heterocycles. The number of imide groups is 1.